The molecule has 0 radical (unpaired) electrons. The molecule has 0 atom stereocenters. The van der Waals surface area contributed by atoms with Gasteiger partial charge in [-0.3, -0.25) is 19.3 Å². The van der Waals surface area contributed by atoms with Crippen LogP contribution in [0.4, 0.5) is 9.18 Å². The van der Waals surface area contributed by atoms with Crippen LogP contribution in [0, 0.1) is 5.82 Å². The summed E-state index contributed by atoms with van der Waals surface area (Å²) in [7, 11) is 0. The van der Waals surface area contributed by atoms with Crippen LogP contribution < -0.4 is 4.74 Å². The quantitative estimate of drug-likeness (QED) is 0.421. The van der Waals surface area contributed by atoms with Gasteiger partial charge in [-0.15, -0.1) is 0 Å². The van der Waals surface area contributed by atoms with Crippen molar-refractivity contribution >= 4 is 46.6 Å². The van der Waals surface area contributed by atoms with Gasteiger partial charge in [0.1, 0.15) is 11.6 Å². The third-order valence-electron chi connectivity index (χ3n) is 3.66. The predicted molar refractivity (Wildman–Crippen MR) is 101 cm³/mol. The first-order chi connectivity index (χ1) is 12.8. The van der Waals surface area contributed by atoms with Gasteiger partial charge in [0.2, 0.25) is 0 Å². The van der Waals surface area contributed by atoms with Gasteiger partial charge >= 0.3 is 5.97 Å². The van der Waals surface area contributed by atoms with E-state index in [9.17, 15) is 18.8 Å². The van der Waals surface area contributed by atoms with Crippen molar-refractivity contribution < 1.29 is 23.5 Å². The van der Waals surface area contributed by atoms with Crippen molar-refractivity contribution in [3.05, 3.63) is 69.3 Å². The Bertz CT molecular complexity index is 959. The molecule has 0 bridgehead atoms. The Kier molecular flexibility index (Phi) is 5.62. The second kappa shape index (κ2) is 7.94. The second-order valence-electron chi connectivity index (χ2n) is 5.67. The Labute approximate surface area is 163 Å². The van der Waals surface area contributed by atoms with Crippen molar-refractivity contribution in [2.75, 3.05) is 0 Å². The lowest BCUT2D eigenvalue weighted by molar-refractivity contribution is -0.131. The number of carbonyl (C=O) groups is 3. The number of ether oxygens (including phenoxy) is 1. The van der Waals surface area contributed by atoms with Gasteiger partial charge in [-0.25, -0.2) is 4.39 Å². The zero-order valence-electron chi connectivity index (χ0n) is 14.1. The van der Waals surface area contributed by atoms with Crippen molar-refractivity contribution in [3.63, 3.8) is 0 Å². The SMILES string of the molecule is CC(=O)Oc1ccc(/C=C2/SC(=O)N(Cc3ccc(F)cc3Cl)C2=O)cc1. The van der Waals surface area contributed by atoms with Crippen LogP contribution in [0.15, 0.2) is 47.4 Å². The first kappa shape index (κ1) is 19.1. The van der Waals surface area contributed by atoms with Gasteiger partial charge < -0.3 is 4.74 Å². The molecule has 1 heterocycles. The molecule has 0 saturated carbocycles. The van der Waals surface area contributed by atoms with Gasteiger partial charge in [0.15, 0.2) is 0 Å². The molecular weight excluding hydrogens is 393 g/mol. The summed E-state index contributed by atoms with van der Waals surface area (Å²) in [5, 5.41) is -0.276. The lowest BCUT2D eigenvalue weighted by Crippen LogP contribution is -2.27. The van der Waals surface area contributed by atoms with Gasteiger partial charge in [0.25, 0.3) is 11.1 Å². The van der Waals surface area contributed by atoms with Crippen molar-refractivity contribution in [1.29, 1.82) is 0 Å². The fourth-order valence-corrected chi connectivity index (χ4v) is 3.47. The third-order valence-corrected chi connectivity index (χ3v) is 4.92. The molecule has 27 heavy (non-hydrogen) atoms. The predicted octanol–water partition coefficient (Wildman–Crippen LogP) is 4.64. The van der Waals surface area contributed by atoms with E-state index in [0.29, 0.717) is 16.9 Å². The highest BCUT2D eigenvalue weighted by Crippen LogP contribution is 2.34. The number of nitrogens with zero attached hydrogens (tertiary/aromatic N) is 1. The molecule has 2 amide bonds. The second-order valence-corrected chi connectivity index (χ2v) is 7.07. The number of hydrogen-bond acceptors (Lipinski definition) is 5. The number of hydrogen-bond donors (Lipinski definition) is 0. The van der Waals surface area contributed by atoms with Crippen LogP contribution >= 0.6 is 23.4 Å². The summed E-state index contributed by atoms with van der Waals surface area (Å²) in [5.41, 5.74) is 1.16. The van der Waals surface area contributed by atoms with Gasteiger partial charge in [0, 0.05) is 11.9 Å². The molecule has 1 aliphatic heterocycles. The number of thioether (sulfide) groups is 1. The monoisotopic (exact) mass is 405 g/mol. The van der Waals surface area contributed by atoms with Gasteiger partial charge in [-0.2, -0.15) is 0 Å². The lowest BCUT2D eigenvalue weighted by atomic mass is 10.2. The molecule has 0 aliphatic carbocycles. The molecule has 0 aromatic heterocycles. The number of benzene rings is 2. The summed E-state index contributed by atoms with van der Waals surface area (Å²) in [6.07, 6.45) is 1.58. The minimum absolute atomic E-state index is 0.0352. The van der Waals surface area contributed by atoms with E-state index in [4.69, 9.17) is 16.3 Å². The highest BCUT2D eigenvalue weighted by molar-refractivity contribution is 8.18. The first-order valence-electron chi connectivity index (χ1n) is 7.81. The normalized spacial score (nSPS) is 15.5. The van der Waals surface area contributed by atoms with Crippen molar-refractivity contribution in [2.24, 2.45) is 0 Å². The minimum Gasteiger partial charge on any atom is -0.427 e. The Morgan fingerprint density at radius 3 is 2.56 bits per heavy atom. The van der Waals surface area contributed by atoms with Crippen LogP contribution in [-0.2, 0) is 16.1 Å². The van der Waals surface area contributed by atoms with Crippen LogP contribution in [-0.4, -0.2) is 22.0 Å². The summed E-state index contributed by atoms with van der Waals surface area (Å²) < 4.78 is 18.1. The number of rotatable bonds is 4. The van der Waals surface area contributed by atoms with Crippen LogP contribution in [0.1, 0.15) is 18.1 Å². The Morgan fingerprint density at radius 1 is 1.22 bits per heavy atom. The number of halogens is 2. The molecule has 1 saturated heterocycles. The maximum atomic E-state index is 13.1. The molecule has 0 N–H and O–H groups in total. The Balaban J connectivity index is 1.77. The van der Waals surface area contributed by atoms with Gasteiger partial charge in [-0.1, -0.05) is 29.8 Å². The van der Waals surface area contributed by atoms with Crippen LogP contribution in [0.5, 0.6) is 5.75 Å². The van der Waals surface area contributed by atoms with Crippen molar-refractivity contribution in [2.45, 2.75) is 13.5 Å². The van der Waals surface area contributed by atoms with Gasteiger partial charge in [-0.05, 0) is 53.2 Å². The Hall–Kier alpha value is -2.64. The fraction of sp³-hybridized carbons (Fsp3) is 0.105. The molecule has 3 rings (SSSR count). The molecule has 1 aliphatic rings. The van der Waals surface area contributed by atoms with E-state index >= 15 is 0 Å². The topological polar surface area (TPSA) is 63.7 Å². The molecule has 0 spiro atoms. The maximum absolute atomic E-state index is 13.1. The molecule has 138 valence electrons. The fourth-order valence-electron chi connectivity index (χ4n) is 2.41. The summed E-state index contributed by atoms with van der Waals surface area (Å²) in [5.74, 6) is -0.980. The minimum atomic E-state index is -0.491. The average Bonchev–Trinajstić information content (AvgIpc) is 2.86. The molecule has 2 aromatic carbocycles. The molecule has 5 nitrogen and oxygen atoms in total. The number of amides is 2. The highest BCUT2D eigenvalue weighted by Gasteiger charge is 2.35. The summed E-state index contributed by atoms with van der Waals surface area (Å²) in [4.78, 5) is 37.0. The molecule has 1 fully saturated rings. The summed E-state index contributed by atoms with van der Waals surface area (Å²) in [6, 6.07) is 10.3. The van der Waals surface area contributed by atoms with Crippen LogP contribution in [0.3, 0.4) is 0 Å². The van der Waals surface area contributed by atoms with Gasteiger partial charge in [0.05, 0.1) is 11.4 Å². The third kappa shape index (κ3) is 4.56. The van der Waals surface area contributed by atoms with Crippen LogP contribution in [0.25, 0.3) is 6.08 Å². The molecule has 8 heteroatoms. The van der Waals surface area contributed by atoms with E-state index in [2.05, 4.69) is 0 Å². The van der Waals surface area contributed by atoms with E-state index < -0.39 is 22.9 Å². The lowest BCUT2D eigenvalue weighted by Gasteiger charge is -2.13. The van der Waals surface area contributed by atoms with Crippen LogP contribution in [0.2, 0.25) is 5.02 Å². The first-order valence-corrected chi connectivity index (χ1v) is 9.01. The maximum Gasteiger partial charge on any atom is 0.308 e. The number of carbonyl (C=O) groups excluding carboxylic acids is 3. The summed E-state index contributed by atoms with van der Waals surface area (Å²) >= 11 is 6.79. The standard InChI is InChI=1S/C19H13ClFNO4S/c1-11(23)26-15-6-2-12(3-7-15)8-17-18(24)22(19(25)27-17)10-13-4-5-14(21)9-16(13)20/h2-9H,10H2,1H3/b17-8+. The highest BCUT2D eigenvalue weighted by atomic mass is 35.5. The van der Waals surface area contributed by atoms with Crippen molar-refractivity contribution in [3.8, 4) is 5.75 Å². The molecular formula is C19H13ClFNO4S. The largest absolute Gasteiger partial charge is 0.427 e. The molecule has 2 aromatic rings. The Morgan fingerprint density at radius 2 is 1.93 bits per heavy atom. The van der Waals surface area contributed by atoms with E-state index in [1.54, 1.807) is 30.3 Å². The number of imide groups is 1. The smallest absolute Gasteiger partial charge is 0.308 e. The zero-order chi connectivity index (χ0) is 19.6. The van der Waals surface area contributed by atoms with E-state index in [1.165, 1.54) is 19.1 Å². The van der Waals surface area contributed by atoms with E-state index in [1.807, 2.05) is 0 Å². The average molecular weight is 406 g/mol. The zero-order valence-corrected chi connectivity index (χ0v) is 15.6. The van der Waals surface area contributed by atoms with Crippen molar-refractivity contribution in [1.82, 2.24) is 4.90 Å². The van der Waals surface area contributed by atoms with E-state index in [0.717, 1.165) is 22.7 Å². The van der Waals surface area contributed by atoms with E-state index in [-0.39, 0.29) is 16.5 Å². The number of esters is 1. The molecule has 0 unspecified atom stereocenters. The summed E-state index contributed by atoms with van der Waals surface area (Å²) in [6.45, 7) is 1.27.